The van der Waals surface area contributed by atoms with Crippen molar-refractivity contribution in [3.63, 3.8) is 0 Å². The summed E-state index contributed by atoms with van der Waals surface area (Å²) in [6, 6.07) is 18.1. The van der Waals surface area contributed by atoms with Gasteiger partial charge in [0.15, 0.2) is 11.9 Å². The summed E-state index contributed by atoms with van der Waals surface area (Å²) in [6.07, 6.45) is 5.29. The van der Waals surface area contributed by atoms with Crippen molar-refractivity contribution < 1.29 is 27.9 Å². The van der Waals surface area contributed by atoms with Gasteiger partial charge in [0.1, 0.15) is 11.0 Å². The van der Waals surface area contributed by atoms with E-state index in [1.165, 1.54) is 35.9 Å². The Morgan fingerprint density at radius 1 is 1.06 bits per heavy atom. The zero-order valence-corrected chi connectivity index (χ0v) is 18.9. The minimum absolute atomic E-state index is 0.0158. The third-order valence-corrected chi connectivity index (χ3v) is 8.20. The number of sulfone groups is 1. The van der Waals surface area contributed by atoms with Gasteiger partial charge in [-0.15, -0.1) is 0 Å². The van der Waals surface area contributed by atoms with Crippen LogP contribution in [-0.2, 0) is 20.1 Å². The molecular weight excluding hydrogens is 438 g/mol. The highest BCUT2D eigenvalue weighted by Crippen LogP contribution is 2.38. The number of hydrogen-bond acceptors (Lipinski definition) is 5. The molecule has 0 bridgehead atoms. The summed E-state index contributed by atoms with van der Waals surface area (Å²) in [5.41, 5.74) is 3.98. The SMILES string of the molecule is CC1(C)c2ccccc2-[n+]2ccc(C(/C=C/C=C3\C(=O)c4ccccc4S3(=O)=O)OO)cc21. The maximum absolute atomic E-state index is 12.7. The Morgan fingerprint density at radius 2 is 1.79 bits per heavy atom. The molecule has 166 valence electrons. The first-order valence-electron chi connectivity index (χ1n) is 10.5. The van der Waals surface area contributed by atoms with Gasteiger partial charge in [0.2, 0.25) is 21.3 Å². The summed E-state index contributed by atoms with van der Waals surface area (Å²) < 4.78 is 27.5. The zero-order chi connectivity index (χ0) is 23.4. The van der Waals surface area contributed by atoms with Crippen LogP contribution < -0.4 is 4.57 Å². The molecule has 1 aromatic heterocycles. The van der Waals surface area contributed by atoms with Crippen LogP contribution in [0.3, 0.4) is 0 Å². The van der Waals surface area contributed by atoms with Crippen LogP contribution >= 0.6 is 0 Å². The van der Waals surface area contributed by atoms with Crippen molar-refractivity contribution in [2.45, 2.75) is 30.3 Å². The molecule has 0 radical (unpaired) electrons. The molecule has 5 rings (SSSR count). The van der Waals surface area contributed by atoms with Crippen molar-refractivity contribution in [3.8, 4) is 5.69 Å². The Labute approximate surface area is 191 Å². The lowest BCUT2D eigenvalue weighted by Crippen LogP contribution is -2.34. The van der Waals surface area contributed by atoms with E-state index in [0.29, 0.717) is 5.56 Å². The summed E-state index contributed by atoms with van der Waals surface area (Å²) in [5, 5.41) is 9.56. The number of hydrogen-bond donors (Lipinski definition) is 1. The summed E-state index contributed by atoms with van der Waals surface area (Å²) in [4.78, 5) is 17.0. The van der Waals surface area contributed by atoms with E-state index in [4.69, 9.17) is 0 Å². The van der Waals surface area contributed by atoms with E-state index in [2.05, 4.69) is 35.4 Å². The molecule has 3 aromatic rings. The lowest BCUT2D eigenvalue weighted by atomic mass is 9.83. The number of carbonyl (C=O) groups is 1. The Kier molecular flexibility index (Phi) is 4.93. The maximum atomic E-state index is 12.7. The highest BCUT2D eigenvalue weighted by molar-refractivity contribution is 7.97. The van der Waals surface area contributed by atoms with Crippen LogP contribution in [0.15, 0.2) is 94.9 Å². The average molecular weight is 461 g/mol. The number of rotatable bonds is 4. The van der Waals surface area contributed by atoms with Gasteiger partial charge < -0.3 is 0 Å². The van der Waals surface area contributed by atoms with Crippen LogP contribution in [0, 0.1) is 0 Å². The number of nitrogens with zero attached hydrogens (tertiary/aromatic N) is 1. The van der Waals surface area contributed by atoms with Gasteiger partial charge in [-0.1, -0.05) is 36.4 Å². The summed E-state index contributed by atoms with van der Waals surface area (Å²) >= 11 is 0. The molecule has 2 aliphatic rings. The minimum atomic E-state index is -3.87. The molecule has 2 aliphatic heterocycles. The number of carbonyl (C=O) groups excluding carboxylic acids is 1. The quantitative estimate of drug-likeness (QED) is 0.272. The van der Waals surface area contributed by atoms with Gasteiger partial charge in [-0.3, -0.25) is 10.1 Å². The predicted molar refractivity (Wildman–Crippen MR) is 122 cm³/mol. The first-order chi connectivity index (χ1) is 15.8. The number of ketones is 1. The molecule has 1 N–H and O–H groups in total. The van der Waals surface area contributed by atoms with Crippen LogP contribution in [0.1, 0.15) is 47.1 Å². The first kappa shape index (κ1) is 21.5. The number of Topliss-reactive ketones (excluding diaryl/α,β-unsaturated/α-hetero) is 1. The molecule has 7 heteroatoms. The van der Waals surface area contributed by atoms with Gasteiger partial charge in [0.25, 0.3) is 0 Å². The summed E-state index contributed by atoms with van der Waals surface area (Å²) in [7, 11) is -3.87. The average Bonchev–Trinajstić information content (AvgIpc) is 3.16. The molecule has 6 nitrogen and oxygen atoms in total. The molecule has 2 aromatic carbocycles. The number of fused-ring (bicyclic) bond motifs is 4. The Balaban J connectivity index is 1.47. The molecule has 0 aliphatic carbocycles. The van der Waals surface area contributed by atoms with Crippen LogP contribution in [0.4, 0.5) is 0 Å². The molecule has 0 saturated heterocycles. The number of para-hydroxylation sites is 1. The molecule has 0 fully saturated rings. The Morgan fingerprint density at radius 3 is 2.55 bits per heavy atom. The third-order valence-electron chi connectivity index (χ3n) is 6.37. The number of allylic oxidation sites excluding steroid dienone is 3. The van der Waals surface area contributed by atoms with E-state index in [0.717, 1.165) is 11.4 Å². The van der Waals surface area contributed by atoms with Gasteiger partial charge in [0, 0.05) is 34.9 Å². The molecule has 0 saturated carbocycles. The Bertz CT molecular complexity index is 1470. The van der Waals surface area contributed by atoms with E-state index in [-0.39, 0.29) is 20.8 Å². The van der Waals surface area contributed by atoms with E-state index < -0.39 is 21.7 Å². The van der Waals surface area contributed by atoms with Gasteiger partial charge >= 0.3 is 0 Å². The van der Waals surface area contributed by atoms with Gasteiger partial charge in [-0.05, 0) is 38.1 Å². The lowest BCUT2D eigenvalue weighted by molar-refractivity contribution is -0.600. The molecule has 33 heavy (non-hydrogen) atoms. The van der Waals surface area contributed by atoms with E-state index in [9.17, 15) is 18.5 Å². The summed E-state index contributed by atoms with van der Waals surface area (Å²) in [5.74, 6) is -0.537. The molecule has 0 amide bonds. The van der Waals surface area contributed by atoms with Crippen LogP contribution in [-0.4, -0.2) is 19.5 Å². The minimum Gasteiger partial charge on any atom is -0.288 e. The van der Waals surface area contributed by atoms with Gasteiger partial charge in [-0.25, -0.2) is 13.3 Å². The standard InChI is InChI=1S/C26H21NO5S/c1-26(2)19-9-4-5-10-20(19)27-15-14-17(16-24(26)27)21(32-29)11-7-13-23-25(28)18-8-3-6-12-22(18)33(23,30)31/h3-16,21H,1-2H3/p+1/b11-7+,23-13+. The second-order valence-electron chi connectivity index (χ2n) is 8.63. The third kappa shape index (κ3) is 3.20. The lowest BCUT2D eigenvalue weighted by Gasteiger charge is -2.15. The van der Waals surface area contributed by atoms with Crippen molar-refractivity contribution in [2.24, 2.45) is 0 Å². The van der Waals surface area contributed by atoms with E-state index >= 15 is 0 Å². The predicted octanol–water partition coefficient (Wildman–Crippen LogP) is 4.24. The van der Waals surface area contributed by atoms with Crippen molar-refractivity contribution >= 4 is 15.6 Å². The molecule has 1 unspecified atom stereocenters. The first-order valence-corrected chi connectivity index (χ1v) is 12.0. The smallest absolute Gasteiger partial charge is 0.215 e. The molecular formula is C26H22NO5S+. The fourth-order valence-electron chi connectivity index (χ4n) is 4.61. The van der Waals surface area contributed by atoms with Gasteiger partial charge in [-0.2, -0.15) is 4.57 Å². The topological polar surface area (TPSA) is 84.5 Å². The van der Waals surface area contributed by atoms with Crippen LogP contribution in [0.2, 0.25) is 0 Å². The zero-order valence-electron chi connectivity index (χ0n) is 18.1. The second kappa shape index (κ2) is 7.59. The van der Waals surface area contributed by atoms with Crippen molar-refractivity contribution in [2.75, 3.05) is 0 Å². The second-order valence-corrected chi connectivity index (χ2v) is 10.5. The van der Waals surface area contributed by atoms with Crippen molar-refractivity contribution in [3.05, 3.63) is 112 Å². The molecule has 3 heterocycles. The fraction of sp³-hybridized carbons (Fsp3) is 0.154. The number of aromatic nitrogens is 1. The fourth-order valence-corrected chi connectivity index (χ4v) is 6.17. The number of pyridine rings is 1. The molecule has 0 spiro atoms. The van der Waals surface area contributed by atoms with Crippen LogP contribution in [0.25, 0.3) is 5.69 Å². The van der Waals surface area contributed by atoms with Crippen molar-refractivity contribution in [1.29, 1.82) is 0 Å². The highest BCUT2D eigenvalue weighted by atomic mass is 32.2. The molecule has 1 atom stereocenters. The monoisotopic (exact) mass is 460 g/mol. The van der Waals surface area contributed by atoms with Crippen molar-refractivity contribution in [1.82, 2.24) is 0 Å². The Hall–Kier alpha value is -3.39. The normalized spacial score (nSPS) is 19.5. The number of benzene rings is 2. The largest absolute Gasteiger partial charge is 0.288 e. The highest BCUT2D eigenvalue weighted by Gasteiger charge is 2.43. The summed E-state index contributed by atoms with van der Waals surface area (Å²) in [6.45, 7) is 4.27. The van der Waals surface area contributed by atoms with Gasteiger partial charge in [0.05, 0.1) is 10.3 Å². The van der Waals surface area contributed by atoms with E-state index in [1.807, 2.05) is 30.5 Å². The van der Waals surface area contributed by atoms with E-state index in [1.54, 1.807) is 12.1 Å². The van der Waals surface area contributed by atoms with Crippen LogP contribution in [0.5, 0.6) is 0 Å². The maximum Gasteiger partial charge on any atom is 0.215 e.